The summed E-state index contributed by atoms with van der Waals surface area (Å²) in [5, 5.41) is 5.68. The number of hydrogen-bond donors (Lipinski definition) is 2. The normalized spacial score (nSPS) is 11.6. The zero-order valence-electron chi connectivity index (χ0n) is 17.0. The van der Waals surface area contributed by atoms with E-state index >= 15 is 0 Å². The van der Waals surface area contributed by atoms with Gasteiger partial charge in [-0.25, -0.2) is 0 Å². The molecule has 0 unspecified atom stereocenters. The van der Waals surface area contributed by atoms with Crippen molar-refractivity contribution >= 4 is 23.2 Å². The first-order valence-electron chi connectivity index (χ1n) is 9.85. The first kappa shape index (κ1) is 20.3. The number of amides is 2. The van der Waals surface area contributed by atoms with E-state index in [-0.39, 0.29) is 18.6 Å². The molecule has 7 nitrogen and oxygen atoms in total. The van der Waals surface area contributed by atoms with Gasteiger partial charge in [0.25, 0.3) is 5.91 Å². The number of fused-ring (bicyclic) bond motifs is 1. The van der Waals surface area contributed by atoms with E-state index < -0.39 is 0 Å². The zero-order valence-corrected chi connectivity index (χ0v) is 17.0. The third-order valence-electron chi connectivity index (χ3n) is 4.88. The monoisotopic (exact) mass is 418 g/mol. The molecule has 2 N–H and O–H groups in total. The van der Waals surface area contributed by atoms with Crippen LogP contribution in [0.5, 0.6) is 17.2 Å². The van der Waals surface area contributed by atoms with E-state index in [9.17, 15) is 9.59 Å². The second-order valence-corrected chi connectivity index (χ2v) is 6.96. The Kier molecular flexibility index (Phi) is 6.03. The van der Waals surface area contributed by atoms with Gasteiger partial charge in [-0.3, -0.25) is 9.59 Å². The van der Waals surface area contributed by atoms with Crippen molar-refractivity contribution < 1.29 is 23.8 Å². The lowest BCUT2D eigenvalue weighted by atomic mass is 10.1. The molecule has 0 saturated heterocycles. The molecule has 3 aromatic carbocycles. The van der Waals surface area contributed by atoms with Crippen LogP contribution in [0.4, 0.5) is 11.4 Å². The Morgan fingerprint density at radius 2 is 1.71 bits per heavy atom. The van der Waals surface area contributed by atoms with E-state index in [0.29, 0.717) is 41.3 Å². The van der Waals surface area contributed by atoms with E-state index in [0.717, 1.165) is 11.3 Å². The fourth-order valence-corrected chi connectivity index (χ4v) is 3.23. The molecule has 3 aromatic rings. The van der Waals surface area contributed by atoms with Crippen LogP contribution in [0.1, 0.15) is 22.3 Å². The number of carbonyl (C=O) groups excluding carboxylic acids is 2. The minimum atomic E-state index is -0.329. The molecule has 0 aromatic heterocycles. The van der Waals surface area contributed by atoms with Crippen LogP contribution in [-0.4, -0.2) is 25.7 Å². The number of methoxy groups -OCH3 is 1. The highest BCUT2D eigenvalue weighted by Crippen LogP contribution is 2.34. The van der Waals surface area contributed by atoms with Gasteiger partial charge in [0.15, 0.2) is 11.5 Å². The molecular weight excluding hydrogens is 396 g/mol. The van der Waals surface area contributed by atoms with Gasteiger partial charge in [-0.1, -0.05) is 24.3 Å². The Morgan fingerprint density at radius 3 is 2.52 bits per heavy atom. The molecule has 158 valence electrons. The summed E-state index contributed by atoms with van der Waals surface area (Å²) in [6, 6.07) is 19.7. The SMILES string of the molecule is COc1ccc(CCC(=O)Nc2ccccc2C(=O)Nc2ccc3c(c2)OCO3)cc1. The highest BCUT2D eigenvalue weighted by atomic mass is 16.7. The van der Waals surface area contributed by atoms with Gasteiger partial charge in [-0.05, 0) is 48.4 Å². The van der Waals surface area contributed by atoms with E-state index in [1.807, 2.05) is 24.3 Å². The maximum absolute atomic E-state index is 12.8. The smallest absolute Gasteiger partial charge is 0.257 e. The summed E-state index contributed by atoms with van der Waals surface area (Å²) in [5.41, 5.74) is 2.44. The lowest BCUT2D eigenvalue weighted by molar-refractivity contribution is -0.116. The highest BCUT2D eigenvalue weighted by Gasteiger charge is 2.17. The summed E-state index contributed by atoms with van der Waals surface area (Å²) in [6.07, 6.45) is 0.881. The van der Waals surface area contributed by atoms with Gasteiger partial charge >= 0.3 is 0 Å². The van der Waals surface area contributed by atoms with Crippen molar-refractivity contribution in [2.24, 2.45) is 0 Å². The average molecular weight is 418 g/mol. The van der Waals surface area contributed by atoms with Crippen LogP contribution in [0.15, 0.2) is 66.7 Å². The van der Waals surface area contributed by atoms with Gasteiger partial charge in [0, 0.05) is 18.2 Å². The summed E-state index contributed by atoms with van der Waals surface area (Å²) in [6.45, 7) is 0.165. The number of nitrogens with one attached hydrogen (secondary N) is 2. The minimum absolute atomic E-state index is 0.165. The second kappa shape index (κ2) is 9.21. The molecular formula is C24H22N2O5. The van der Waals surface area contributed by atoms with Gasteiger partial charge in [-0.15, -0.1) is 0 Å². The minimum Gasteiger partial charge on any atom is -0.497 e. The van der Waals surface area contributed by atoms with Gasteiger partial charge in [0.1, 0.15) is 5.75 Å². The van der Waals surface area contributed by atoms with Crippen molar-refractivity contribution in [3.63, 3.8) is 0 Å². The number of rotatable bonds is 7. The topological polar surface area (TPSA) is 85.9 Å². The third-order valence-corrected chi connectivity index (χ3v) is 4.88. The van der Waals surface area contributed by atoms with Gasteiger partial charge in [0.2, 0.25) is 12.7 Å². The molecule has 4 rings (SSSR count). The van der Waals surface area contributed by atoms with E-state index in [1.54, 1.807) is 49.6 Å². The average Bonchev–Trinajstić information content (AvgIpc) is 3.26. The van der Waals surface area contributed by atoms with Crippen LogP contribution in [0.3, 0.4) is 0 Å². The Bertz CT molecular complexity index is 1100. The molecule has 0 aliphatic carbocycles. The predicted molar refractivity (Wildman–Crippen MR) is 117 cm³/mol. The molecule has 1 aliphatic heterocycles. The maximum atomic E-state index is 12.8. The fraction of sp³-hybridized carbons (Fsp3) is 0.167. The number of anilines is 2. The number of benzene rings is 3. The van der Waals surface area contributed by atoms with Crippen molar-refractivity contribution in [2.45, 2.75) is 12.8 Å². The lowest BCUT2D eigenvalue weighted by Gasteiger charge is -2.12. The van der Waals surface area contributed by atoms with Crippen molar-refractivity contribution in [3.8, 4) is 17.2 Å². The summed E-state index contributed by atoms with van der Waals surface area (Å²) in [4.78, 5) is 25.3. The molecule has 2 amide bonds. The Balaban J connectivity index is 1.39. The first-order chi connectivity index (χ1) is 15.1. The second-order valence-electron chi connectivity index (χ2n) is 6.96. The largest absolute Gasteiger partial charge is 0.497 e. The van der Waals surface area contributed by atoms with Gasteiger partial charge in [-0.2, -0.15) is 0 Å². The van der Waals surface area contributed by atoms with Crippen LogP contribution < -0.4 is 24.8 Å². The van der Waals surface area contributed by atoms with Crippen molar-refractivity contribution in [2.75, 3.05) is 24.5 Å². The van der Waals surface area contributed by atoms with Crippen molar-refractivity contribution in [3.05, 3.63) is 77.9 Å². The molecule has 0 bridgehead atoms. The first-order valence-corrected chi connectivity index (χ1v) is 9.85. The molecule has 31 heavy (non-hydrogen) atoms. The molecule has 0 atom stereocenters. The maximum Gasteiger partial charge on any atom is 0.257 e. The van der Waals surface area contributed by atoms with Gasteiger partial charge in [0.05, 0.1) is 18.4 Å². The fourth-order valence-electron chi connectivity index (χ4n) is 3.23. The Hall–Kier alpha value is -4.00. The number of carbonyl (C=O) groups is 2. The highest BCUT2D eigenvalue weighted by molar-refractivity contribution is 6.10. The molecule has 0 fully saturated rings. The standard InChI is InChI=1S/C24H22N2O5/c1-29-18-10-6-16(7-11-18)8-13-23(27)26-20-5-3-2-4-19(20)24(28)25-17-9-12-21-22(14-17)31-15-30-21/h2-7,9-12,14H,8,13,15H2,1H3,(H,25,28)(H,26,27). The Labute approximate surface area is 179 Å². The lowest BCUT2D eigenvalue weighted by Crippen LogP contribution is -2.18. The van der Waals surface area contributed by atoms with E-state index in [1.165, 1.54) is 0 Å². The number of hydrogen-bond acceptors (Lipinski definition) is 5. The van der Waals surface area contributed by atoms with Crippen LogP contribution in [0, 0.1) is 0 Å². The number of ether oxygens (including phenoxy) is 3. The van der Waals surface area contributed by atoms with E-state index in [2.05, 4.69) is 10.6 Å². The predicted octanol–water partition coefficient (Wildman–Crippen LogP) is 4.25. The summed E-state index contributed by atoms with van der Waals surface area (Å²) >= 11 is 0. The number of para-hydroxylation sites is 1. The van der Waals surface area contributed by atoms with Gasteiger partial charge < -0.3 is 24.8 Å². The quantitative estimate of drug-likeness (QED) is 0.599. The summed E-state index contributed by atoms with van der Waals surface area (Å²) < 4.78 is 15.8. The van der Waals surface area contributed by atoms with Crippen LogP contribution in [0.25, 0.3) is 0 Å². The molecule has 0 saturated carbocycles. The van der Waals surface area contributed by atoms with E-state index in [4.69, 9.17) is 14.2 Å². The Morgan fingerprint density at radius 1 is 0.935 bits per heavy atom. The molecule has 1 aliphatic rings. The number of aryl methyl sites for hydroxylation is 1. The van der Waals surface area contributed by atoms with Crippen LogP contribution >= 0.6 is 0 Å². The summed E-state index contributed by atoms with van der Waals surface area (Å²) in [5.74, 6) is 1.50. The van der Waals surface area contributed by atoms with Crippen LogP contribution in [0.2, 0.25) is 0 Å². The molecule has 7 heteroatoms. The molecule has 0 spiro atoms. The third kappa shape index (κ3) is 4.95. The zero-order chi connectivity index (χ0) is 21.6. The molecule has 0 radical (unpaired) electrons. The van der Waals surface area contributed by atoms with Crippen molar-refractivity contribution in [1.82, 2.24) is 0 Å². The molecule has 1 heterocycles. The summed E-state index contributed by atoms with van der Waals surface area (Å²) in [7, 11) is 1.61. The van der Waals surface area contributed by atoms with Crippen molar-refractivity contribution in [1.29, 1.82) is 0 Å². The van der Waals surface area contributed by atoms with Crippen LogP contribution in [-0.2, 0) is 11.2 Å².